The standard InChI is InChI=1S/C6H10O3/c1-3-5(2)6(8)9-4-7/h4-5H,3H2,1-2H3. The van der Waals surface area contributed by atoms with Gasteiger partial charge in [0.2, 0.25) is 0 Å². The van der Waals surface area contributed by atoms with Gasteiger partial charge in [-0.1, -0.05) is 13.8 Å². The minimum absolute atomic E-state index is 0.161. The molecule has 3 nitrogen and oxygen atoms in total. The number of ether oxygens (including phenoxy) is 1. The molecule has 0 aromatic rings. The molecule has 0 bridgehead atoms. The molecular weight excluding hydrogens is 120 g/mol. The highest BCUT2D eigenvalue weighted by Crippen LogP contribution is 2.01. The van der Waals surface area contributed by atoms with E-state index in [2.05, 4.69) is 4.74 Å². The first kappa shape index (κ1) is 8.14. The van der Waals surface area contributed by atoms with Crippen molar-refractivity contribution >= 4 is 12.4 Å². The Morgan fingerprint density at radius 2 is 2.33 bits per heavy atom. The highest BCUT2D eigenvalue weighted by molar-refractivity contribution is 5.78. The van der Waals surface area contributed by atoms with Crippen LogP contribution in [0.4, 0.5) is 0 Å². The number of carbonyl (C=O) groups is 2. The van der Waals surface area contributed by atoms with E-state index in [-0.39, 0.29) is 12.4 Å². The summed E-state index contributed by atoms with van der Waals surface area (Å²) >= 11 is 0. The Morgan fingerprint density at radius 3 is 2.67 bits per heavy atom. The lowest BCUT2D eigenvalue weighted by molar-refractivity contribution is -0.154. The highest BCUT2D eigenvalue weighted by Gasteiger charge is 2.10. The van der Waals surface area contributed by atoms with Crippen molar-refractivity contribution in [3.05, 3.63) is 0 Å². The number of hydrogen-bond donors (Lipinski definition) is 0. The van der Waals surface area contributed by atoms with Gasteiger partial charge in [-0.05, 0) is 6.42 Å². The van der Waals surface area contributed by atoms with E-state index in [9.17, 15) is 9.59 Å². The van der Waals surface area contributed by atoms with Crippen LogP contribution in [0.25, 0.3) is 0 Å². The van der Waals surface area contributed by atoms with Crippen molar-refractivity contribution < 1.29 is 14.3 Å². The summed E-state index contributed by atoms with van der Waals surface area (Å²) in [7, 11) is 0. The molecule has 1 unspecified atom stereocenters. The lowest BCUT2D eigenvalue weighted by atomic mass is 10.1. The molecule has 0 aliphatic carbocycles. The number of esters is 1. The topological polar surface area (TPSA) is 43.4 Å². The molecule has 0 N–H and O–H groups in total. The number of carbonyl (C=O) groups excluding carboxylic acids is 2. The Labute approximate surface area is 54.0 Å². The van der Waals surface area contributed by atoms with Crippen molar-refractivity contribution in [2.75, 3.05) is 0 Å². The quantitative estimate of drug-likeness (QED) is 0.321. The van der Waals surface area contributed by atoms with E-state index in [0.29, 0.717) is 6.42 Å². The minimum Gasteiger partial charge on any atom is -0.395 e. The second-order valence-corrected chi connectivity index (χ2v) is 1.84. The maximum Gasteiger partial charge on any atom is 0.316 e. The molecule has 0 aromatic carbocycles. The number of hydrogen-bond acceptors (Lipinski definition) is 3. The molecule has 1 atom stereocenters. The normalized spacial score (nSPS) is 12.2. The molecule has 52 valence electrons. The molecule has 0 rings (SSSR count). The second-order valence-electron chi connectivity index (χ2n) is 1.84. The zero-order chi connectivity index (χ0) is 7.28. The van der Waals surface area contributed by atoms with Gasteiger partial charge in [-0.3, -0.25) is 9.59 Å². The fraction of sp³-hybridized carbons (Fsp3) is 0.667. The maximum absolute atomic E-state index is 10.5. The molecule has 0 radical (unpaired) electrons. The highest BCUT2D eigenvalue weighted by atomic mass is 16.6. The molecule has 9 heavy (non-hydrogen) atoms. The van der Waals surface area contributed by atoms with Gasteiger partial charge in [-0.25, -0.2) is 0 Å². The first-order valence-electron chi connectivity index (χ1n) is 2.86. The summed E-state index contributed by atoms with van der Waals surface area (Å²) < 4.78 is 4.08. The summed E-state index contributed by atoms with van der Waals surface area (Å²) in [4.78, 5) is 20.1. The third-order valence-corrected chi connectivity index (χ3v) is 1.18. The zero-order valence-corrected chi connectivity index (χ0v) is 5.59. The fourth-order valence-electron chi connectivity index (χ4n) is 0.330. The molecule has 0 saturated carbocycles. The first-order chi connectivity index (χ1) is 4.22. The van der Waals surface area contributed by atoms with Gasteiger partial charge in [0, 0.05) is 0 Å². The van der Waals surface area contributed by atoms with Crippen LogP contribution in [0.5, 0.6) is 0 Å². The SMILES string of the molecule is CCC(C)C(=O)OC=O. The van der Waals surface area contributed by atoms with E-state index < -0.39 is 5.97 Å². The Balaban J connectivity index is 3.58. The molecule has 0 spiro atoms. The van der Waals surface area contributed by atoms with E-state index in [1.54, 1.807) is 6.92 Å². The van der Waals surface area contributed by atoms with Gasteiger partial charge >= 0.3 is 12.4 Å². The van der Waals surface area contributed by atoms with Crippen LogP contribution in [0.3, 0.4) is 0 Å². The molecule has 0 saturated heterocycles. The van der Waals surface area contributed by atoms with Gasteiger partial charge < -0.3 is 4.74 Å². The van der Waals surface area contributed by atoms with E-state index in [1.165, 1.54) is 0 Å². The lowest BCUT2D eigenvalue weighted by Crippen LogP contribution is -2.12. The van der Waals surface area contributed by atoms with Crippen LogP contribution in [0.2, 0.25) is 0 Å². The van der Waals surface area contributed by atoms with Crippen molar-refractivity contribution in [2.45, 2.75) is 20.3 Å². The maximum atomic E-state index is 10.5. The van der Waals surface area contributed by atoms with Gasteiger partial charge in [0.05, 0.1) is 5.92 Å². The third-order valence-electron chi connectivity index (χ3n) is 1.18. The first-order valence-corrected chi connectivity index (χ1v) is 2.86. The molecule has 0 aliphatic rings. The molecule has 0 fully saturated rings. The van der Waals surface area contributed by atoms with Crippen molar-refractivity contribution in [1.82, 2.24) is 0 Å². The Morgan fingerprint density at radius 1 is 1.78 bits per heavy atom. The van der Waals surface area contributed by atoms with Crippen molar-refractivity contribution in [2.24, 2.45) is 5.92 Å². The molecule has 0 amide bonds. The van der Waals surface area contributed by atoms with Crippen molar-refractivity contribution in [3.8, 4) is 0 Å². The van der Waals surface area contributed by atoms with Gasteiger partial charge in [0.1, 0.15) is 0 Å². The third kappa shape index (κ3) is 2.85. The van der Waals surface area contributed by atoms with E-state index in [1.807, 2.05) is 6.92 Å². The van der Waals surface area contributed by atoms with Gasteiger partial charge in [-0.15, -0.1) is 0 Å². The summed E-state index contributed by atoms with van der Waals surface area (Å²) in [5.74, 6) is -0.622. The Hall–Kier alpha value is -0.860. The van der Waals surface area contributed by atoms with Gasteiger partial charge in [0.15, 0.2) is 0 Å². The molecule has 0 aromatic heterocycles. The van der Waals surface area contributed by atoms with Gasteiger partial charge in [0.25, 0.3) is 0 Å². The van der Waals surface area contributed by atoms with Crippen LogP contribution < -0.4 is 0 Å². The van der Waals surface area contributed by atoms with Crippen LogP contribution >= 0.6 is 0 Å². The van der Waals surface area contributed by atoms with Crippen LogP contribution in [-0.2, 0) is 14.3 Å². The van der Waals surface area contributed by atoms with E-state index >= 15 is 0 Å². The van der Waals surface area contributed by atoms with Crippen molar-refractivity contribution in [3.63, 3.8) is 0 Å². The smallest absolute Gasteiger partial charge is 0.316 e. The molecule has 0 heterocycles. The summed E-state index contributed by atoms with van der Waals surface area (Å²) in [6.07, 6.45) is 0.701. The fourth-order valence-corrected chi connectivity index (χ4v) is 0.330. The lowest BCUT2D eigenvalue weighted by Gasteiger charge is -2.01. The molecular formula is C6H10O3. The van der Waals surface area contributed by atoms with Gasteiger partial charge in [-0.2, -0.15) is 0 Å². The van der Waals surface area contributed by atoms with Crippen LogP contribution in [0.1, 0.15) is 20.3 Å². The van der Waals surface area contributed by atoms with Crippen LogP contribution in [-0.4, -0.2) is 12.4 Å². The average Bonchev–Trinajstić information content (AvgIpc) is 1.87. The summed E-state index contributed by atoms with van der Waals surface area (Å²) in [6, 6.07) is 0. The van der Waals surface area contributed by atoms with Crippen LogP contribution in [0, 0.1) is 5.92 Å². The molecule has 3 heteroatoms. The summed E-state index contributed by atoms with van der Waals surface area (Å²) in [6.45, 7) is 3.73. The Kier molecular flexibility index (Phi) is 3.67. The summed E-state index contributed by atoms with van der Waals surface area (Å²) in [5, 5.41) is 0. The zero-order valence-electron chi connectivity index (χ0n) is 5.59. The van der Waals surface area contributed by atoms with E-state index in [4.69, 9.17) is 0 Å². The van der Waals surface area contributed by atoms with E-state index in [0.717, 1.165) is 0 Å². The number of rotatable bonds is 3. The average molecular weight is 130 g/mol. The van der Waals surface area contributed by atoms with Crippen molar-refractivity contribution in [1.29, 1.82) is 0 Å². The monoisotopic (exact) mass is 130 g/mol. The molecule has 0 aliphatic heterocycles. The predicted octanol–water partition coefficient (Wildman–Crippen LogP) is 0.732. The minimum atomic E-state index is -0.451. The summed E-state index contributed by atoms with van der Waals surface area (Å²) in [5.41, 5.74) is 0. The largest absolute Gasteiger partial charge is 0.395 e. The second kappa shape index (κ2) is 4.06. The Bertz CT molecular complexity index is 109. The van der Waals surface area contributed by atoms with Crippen LogP contribution in [0.15, 0.2) is 0 Å². The predicted molar refractivity (Wildman–Crippen MR) is 31.6 cm³/mol.